The zero-order chi connectivity index (χ0) is 12.0. The molecule has 0 radical (unpaired) electrons. The van der Waals surface area contributed by atoms with Crippen LogP contribution in [0.2, 0.25) is 15.1 Å². The molecule has 3 rings (SSSR count). The second-order valence-electron chi connectivity index (χ2n) is 5.17. The summed E-state index contributed by atoms with van der Waals surface area (Å²) in [5.74, 6) is 1.70. The summed E-state index contributed by atoms with van der Waals surface area (Å²) in [6, 6.07) is 4.01. The average Bonchev–Trinajstić information content (AvgIpc) is 2.84. The van der Waals surface area contributed by atoms with Gasteiger partial charge < -0.3 is 5.32 Å². The maximum absolute atomic E-state index is 6.18. The molecule has 3 unspecified atom stereocenters. The first-order chi connectivity index (χ1) is 8.13. The third kappa shape index (κ3) is 2.25. The van der Waals surface area contributed by atoms with Crippen LogP contribution in [0.25, 0.3) is 0 Å². The van der Waals surface area contributed by atoms with Crippen molar-refractivity contribution in [3.05, 3.63) is 27.2 Å². The highest BCUT2D eigenvalue weighted by atomic mass is 35.5. The molecule has 0 saturated heterocycles. The van der Waals surface area contributed by atoms with Crippen LogP contribution in [0.4, 0.5) is 5.69 Å². The Labute approximate surface area is 116 Å². The van der Waals surface area contributed by atoms with Crippen molar-refractivity contribution >= 4 is 40.5 Å². The van der Waals surface area contributed by atoms with Gasteiger partial charge in [-0.25, -0.2) is 0 Å². The fraction of sp³-hybridized carbons (Fsp3) is 0.538. The Hall–Kier alpha value is -0.110. The van der Waals surface area contributed by atoms with Gasteiger partial charge in [0.05, 0.1) is 15.7 Å². The summed E-state index contributed by atoms with van der Waals surface area (Å²) in [5, 5.41) is 5.33. The number of anilines is 1. The largest absolute Gasteiger partial charge is 0.380 e. The van der Waals surface area contributed by atoms with Gasteiger partial charge in [-0.2, -0.15) is 0 Å². The van der Waals surface area contributed by atoms with Crippen LogP contribution in [0.1, 0.15) is 25.7 Å². The van der Waals surface area contributed by atoms with E-state index in [-0.39, 0.29) is 0 Å². The molecule has 0 spiro atoms. The lowest BCUT2D eigenvalue weighted by Gasteiger charge is -2.25. The van der Waals surface area contributed by atoms with Gasteiger partial charge in [-0.15, -0.1) is 0 Å². The first-order valence-electron chi connectivity index (χ1n) is 6.04. The van der Waals surface area contributed by atoms with Crippen molar-refractivity contribution in [1.29, 1.82) is 0 Å². The lowest BCUT2D eigenvalue weighted by Crippen LogP contribution is -2.26. The number of nitrogens with one attached hydrogen (secondary N) is 1. The predicted octanol–water partition coefficient (Wildman–Crippen LogP) is 5.25. The second-order valence-corrected chi connectivity index (χ2v) is 6.42. The quantitative estimate of drug-likeness (QED) is 0.784. The number of hydrogen-bond donors (Lipinski definition) is 1. The van der Waals surface area contributed by atoms with Crippen molar-refractivity contribution in [3.63, 3.8) is 0 Å². The minimum Gasteiger partial charge on any atom is -0.380 e. The Morgan fingerprint density at radius 1 is 1.00 bits per heavy atom. The number of fused-ring (bicyclic) bond motifs is 2. The van der Waals surface area contributed by atoms with Crippen molar-refractivity contribution in [2.24, 2.45) is 11.8 Å². The summed E-state index contributed by atoms with van der Waals surface area (Å²) in [4.78, 5) is 0. The maximum atomic E-state index is 6.18. The Morgan fingerprint density at radius 3 is 2.24 bits per heavy atom. The second kappa shape index (κ2) is 4.53. The number of rotatable bonds is 2. The molecule has 2 bridgehead atoms. The summed E-state index contributed by atoms with van der Waals surface area (Å²) >= 11 is 18.3. The molecule has 92 valence electrons. The number of benzene rings is 1. The van der Waals surface area contributed by atoms with E-state index < -0.39 is 0 Å². The molecule has 1 aromatic rings. The molecule has 4 heteroatoms. The molecule has 2 aliphatic carbocycles. The Bertz CT molecular complexity index is 423. The lowest BCUT2D eigenvalue weighted by molar-refractivity contribution is 0.440. The van der Waals surface area contributed by atoms with Crippen LogP contribution in [-0.4, -0.2) is 6.04 Å². The van der Waals surface area contributed by atoms with Gasteiger partial charge in [-0.05, 0) is 43.2 Å². The van der Waals surface area contributed by atoms with Gasteiger partial charge in [0.25, 0.3) is 0 Å². The molecule has 2 fully saturated rings. The topological polar surface area (TPSA) is 12.0 Å². The smallest absolute Gasteiger partial charge is 0.0722 e. The SMILES string of the molecule is Clc1cc(Cl)c(NC2CC3CCC2C3)c(Cl)c1. The molecule has 0 amide bonds. The van der Waals surface area contributed by atoms with Gasteiger partial charge in [0, 0.05) is 11.1 Å². The molecule has 1 nitrogen and oxygen atoms in total. The summed E-state index contributed by atoms with van der Waals surface area (Å²) in [5.41, 5.74) is 0.843. The monoisotopic (exact) mass is 289 g/mol. The van der Waals surface area contributed by atoms with E-state index in [4.69, 9.17) is 34.8 Å². The standard InChI is InChI=1S/C13H14Cl3N/c14-9-5-10(15)13(11(16)6-9)17-12-4-7-1-2-8(12)3-7/h5-8,12,17H,1-4H2. The van der Waals surface area contributed by atoms with E-state index in [9.17, 15) is 0 Å². The Balaban J connectivity index is 1.81. The highest BCUT2D eigenvalue weighted by Gasteiger charge is 2.39. The van der Waals surface area contributed by atoms with Crippen molar-refractivity contribution in [3.8, 4) is 0 Å². The van der Waals surface area contributed by atoms with E-state index in [1.807, 2.05) is 0 Å². The van der Waals surface area contributed by atoms with E-state index in [0.717, 1.165) is 17.5 Å². The van der Waals surface area contributed by atoms with Gasteiger partial charge in [-0.1, -0.05) is 41.2 Å². The predicted molar refractivity (Wildman–Crippen MR) is 74.3 cm³/mol. The van der Waals surface area contributed by atoms with Gasteiger partial charge in [0.1, 0.15) is 0 Å². The maximum Gasteiger partial charge on any atom is 0.0722 e. The van der Waals surface area contributed by atoms with Crippen molar-refractivity contribution in [1.82, 2.24) is 0 Å². The lowest BCUT2D eigenvalue weighted by atomic mass is 9.95. The fourth-order valence-electron chi connectivity index (χ4n) is 3.29. The van der Waals surface area contributed by atoms with E-state index in [1.54, 1.807) is 12.1 Å². The molecule has 2 saturated carbocycles. The Kier molecular flexibility index (Phi) is 3.18. The molecular weight excluding hydrogens is 277 g/mol. The van der Waals surface area contributed by atoms with E-state index >= 15 is 0 Å². The van der Waals surface area contributed by atoms with Crippen LogP contribution in [-0.2, 0) is 0 Å². The molecule has 0 heterocycles. The molecule has 0 aliphatic heterocycles. The summed E-state index contributed by atoms with van der Waals surface area (Å²) in [6.45, 7) is 0. The van der Waals surface area contributed by atoms with Crippen molar-refractivity contribution < 1.29 is 0 Å². The molecule has 17 heavy (non-hydrogen) atoms. The van der Waals surface area contributed by atoms with E-state index in [2.05, 4.69) is 5.32 Å². The zero-order valence-electron chi connectivity index (χ0n) is 9.35. The zero-order valence-corrected chi connectivity index (χ0v) is 11.6. The highest BCUT2D eigenvalue weighted by Crippen LogP contribution is 2.46. The van der Waals surface area contributed by atoms with Gasteiger partial charge >= 0.3 is 0 Å². The van der Waals surface area contributed by atoms with Crippen molar-refractivity contribution in [2.45, 2.75) is 31.7 Å². The fourth-order valence-corrected chi connectivity index (χ4v) is 4.21. The van der Waals surface area contributed by atoms with Crippen molar-refractivity contribution in [2.75, 3.05) is 5.32 Å². The minimum absolute atomic E-state index is 0.532. The molecule has 1 aromatic carbocycles. The summed E-state index contributed by atoms with van der Waals surface area (Å²) in [7, 11) is 0. The van der Waals surface area contributed by atoms with Crippen LogP contribution < -0.4 is 5.32 Å². The molecular formula is C13H14Cl3N. The normalized spacial score (nSPS) is 30.9. The van der Waals surface area contributed by atoms with Crippen LogP contribution >= 0.6 is 34.8 Å². The summed E-state index contributed by atoms with van der Waals surface area (Å²) < 4.78 is 0. The van der Waals surface area contributed by atoms with Crippen LogP contribution in [0.3, 0.4) is 0 Å². The van der Waals surface area contributed by atoms with E-state index in [0.29, 0.717) is 21.1 Å². The van der Waals surface area contributed by atoms with Crippen LogP contribution in [0, 0.1) is 11.8 Å². The minimum atomic E-state index is 0.532. The van der Waals surface area contributed by atoms with Gasteiger partial charge in [-0.3, -0.25) is 0 Å². The first-order valence-corrected chi connectivity index (χ1v) is 7.18. The van der Waals surface area contributed by atoms with Crippen LogP contribution in [0.15, 0.2) is 12.1 Å². The number of halogens is 3. The van der Waals surface area contributed by atoms with Gasteiger partial charge in [0.2, 0.25) is 0 Å². The van der Waals surface area contributed by atoms with Crippen LogP contribution in [0.5, 0.6) is 0 Å². The van der Waals surface area contributed by atoms with E-state index in [1.165, 1.54) is 25.7 Å². The third-order valence-corrected chi connectivity index (χ3v) is 4.89. The number of hydrogen-bond acceptors (Lipinski definition) is 1. The Morgan fingerprint density at radius 2 is 1.71 bits per heavy atom. The first kappa shape index (κ1) is 12.0. The summed E-state index contributed by atoms with van der Waals surface area (Å²) in [6.07, 6.45) is 5.34. The van der Waals surface area contributed by atoms with Gasteiger partial charge in [0.15, 0.2) is 0 Å². The molecule has 0 aromatic heterocycles. The molecule has 1 N–H and O–H groups in total. The average molecular weight is 291 g/mol. The molecule has 2 aliphatic rings. The highest BCUT2D eigenvalue weighted by molar-refractivity contribution is 6.41. The third-order valence-electron chi connectivity index (χ3n) is 4.07. The molecule has 3 atom stereocenters.